The molecule has 3 fully saturated rings. The number of likely N-dealkylation sites (N-methyl/N-ethyl adjacent to an activating group) is 1. The van der Waals surface area contributed by atoms with Crippen LogP contribution in [0.4, 0.5) is 0 Å². The van der Waals surface area contributed by atoms with Crippen LogP contribution in [-0.2, 0) is 11.2 Å². The lowest BCUT2D eigenvalue weighted by molar-refractivity contribution is -0.130. The lowest BCUT2D eigenvalue weighted by Gasteiger charge is -2.57. The van der Waals surface area contributed by atoms with Gasteiger partial charge in [-0.2, -0.15) is 0 Å². The molecule has 1 amide bonds. The standard InChI is InChI=1S/C24H38N4O/c1-26(17-13-20-9-3-4-14-25-20)23(29)12-5-11-22-21-10-7-16-28-15-6-8-19(24(21)28)18-27(22)2/h3-4,9,14,19,21-22,24H,5-8,10-13,15-18H2,1-2H3/t19-,21+,22+,24-/m0/s1. The van der Waals surface area contributed by atoms with E-state index in [4.69, 9.17) is 0 Å². The first-order valence-corrected chi connectivity index (χ1v) is 11.7. The fourth-order valence-corrected chi connectivity index (χ4v) is 6.25. The average molecular weight is 399 g/mol. The number of nitrogens with zero attached hydrogens (tertiary/aromatic N) is 4. The molecule has 3 aliphatic rings. The Morgan fingerprint density at radius 1 is 1.24 bits per heavy atom. The summed E-state index contributed by atoms with van der Waals surface area (Å²) in [5.41, 5.74) is 1.06. The smallest absolute Gasteiger partial charge is 0.222 e. The van der Waals surface area contributed by atoms with Crippen molar-refractivity contribution in [3.05, 3.63) is 30.1 Å². The Labute approximate surface area is 176 Å². The second kappa shape index (κ2) is 9.57. The lowest BCUT2D eigenvalue weighted by atomic mass is 9.69. The highest BCUT2D eigenvalue weighted by Gasteiger charge is 2.47. The van der Waals surface area contributed by atoms with Crippen LogP contribution in [-0.4, -0.2) is 77.9 Å². The van der Waals surface area contributed by atoms with Gasteiger partial charge in [-0.15, -0.1) is 0 Å². The van der Waals surface area contributed by atoms with Crippen LogP contribution in [0.25, 0.3) is 0 Å². The maximum absolute atomic E-state index is 12.6. The number of aromatic nitrogens is 1. The Balaban J connectivity index is 1.25. The van der Waals surface area contributed by atoms with E-state index in [-0.39, 0.29) is 5.91 Å². The van der Waals surface area contributed by atoms with Crippen LogP contribution < -0.4 is 0 Å². The monoisotopic (exact) mass is 398 g/mol. The molecule has 0 spiro atoms. The number of hydrogen-bond acceptors (Lipinski definition) is 4. The normalized spacial score (nSPS) is 30.0. The Kier molecular flexibility index (Phi) is 6.86. The van der Waals surface area contributed by atoms with Gasteiger partial charge in [-0.05, 0) is 82.6 Å². The van der Waals surface area contributed by atoms with Crippen molar-refractivity contribution >= 4 is 5.91 Å². The van der Waals surface area contributed by atoms with E-state index in [1.54, 1.807) is 0 Å². The van der Waals surface area contributed by atoms with Crippen molar-refractivity contribution < 1.29 is 4.79 Å². The van der Waals surface area contributed by atoms with Crippen LogP contribution in [0.2, 0.25) is 0 Å². The van der Waals surface area contributed by atoms with Gasteiger partial charge in [0.05, 0.1) is 0 Å². The van der Waals surface area contributed by atoms with Crippen molar-refractivity contribution in [1.29, 1.82) is 0 Å². The van der Waals surface area contributed by atoms with Crippen molar-refractivity contribution in [3.8, 4) is 0 Å². The van der Waals surface area contributed by atoms with Crippen LogP contribution in [0.3, 0.4) is 0 Å². The van der Waals surface area contributed by atoms with Crippen molar-refractivity contribution in [2.24, 2.45) is 11.8 Å². The minimum absolute atomic E-state index is 0.278. The Morgan fingerprint density at radius 3 is 2.86 bits per heavy atom. The molecular weight excluding hydrogens is 360 g/mol. The Morgan fingerprint density at radius 2 is 2.07 bits per heavy atom. The van der Waals surface area contributed by atoms with Gasteiger partial charge in [-0.1, -0.05) is 6.07 Å². The highest BCUT2D eigenvalue weighted by Crippen LogP contribution is 2.42. The van der Waals surface area contributed by atoms with Gasteiger partial charge in [0.2, 0.25) is 5.91 Å². The predicted octanol–water partition coefficient (Wildman–Crippen LogP) is 3.06. The van der Waals surface area contributed by atoms with Gasteiger partial charge in [-0.3, -0.25) is 14.7 Å². The number of pyridine rings is 1. The summed E-state index contributed by atoms with van der Waals surface area (Å²) in [6, 6.07) is 7.44. The second-order valence-electron chi connectivity index (χ2n) is 9.52. The molecule has 0 unspecified atom stereocenters. The van der Waals surface area contributed by atoms with E-state index in [0.717, 1.165) is 49.4 Å². The molecule has 0 radical (unpaired) electrons. The molecule has 1 aromatic heterocycles. The number of amides is 1. The van der Waals surface area contributed by atoms with Crippen molar-refractivity contribution in [2.45, 2.75) is 63.5 Å². The van der Waals surface area contributed by atoms with E-state index in [1.165, 1.54) is 45.3 Å². The molecule has 3 aliphatic heterocycles. The highest BCUT2D eigenvalue weighted by atomic mass is 16.2. The summed E-state index contributed by atoms with van der Waals surface area (Å²) in [5.74, 6) is 1.96. The van der Waals surface area contributed by atoms with E-state index in [0.29, 0.717) is 12.5 Å². The van der Waals surface area contributed by atoms with Gasteiger partial charge in [-0.25, -0.2) is 0 Å². The Hall–Kier alpha value is -1.46. The van der Waals surface area contributed by atoms with Crippen molar-refractivity contribution in [3.63, 3.8) is 0 Å². The van der Waals surface area contributed by atoms with Crippen LogP contribution in [0.1, 0.15) is 50.6 Å². The average Bonchev–Trinajstić information content (AvgIpc) is 2.75. The van der Waals surface area contributed by atoms with E-state index in [2.05, 4.69) is 21.8 Å². The van der Waals surface area contributed by atoms with Crippen LogP contribution in [0.5, 0.6) is 0 Å². The zero-order chi connectivity index (χ0) is 20.2. The zero-order valence-electron chi connectivity index (χ0n) is 18.3. The quantitative estimate of drug-likeness (QED) is 0.708. The summed E-state index contributed by atoms with van der Waals surface area (Å²) in [6.07, 6.45) is 11.0. The molecule has 4 heterocycles. The molecule has 0 bridgehead atoms. The number of likely N-dealkylation sites (tertiary alicyclic amines) is 1. The minimum atomic E-state index is 0.278. The maximum atomic E-state index is 12.6. The van der Waals surface area contributed by atoms with E-state index in [1.807, 2.05) is 36.3 Å². The third-order valence-electron chi connectivity index (χ3n) is 7.67. The van der Waals surface area contributed by atoms with Gasteiger partial charge >= 0.3 is 0 Å². The van der Waals surface area contributed by atoms with Gasteiger partial charge in [0, 0.05) is 57.0 Å². The molecule has 5 nitrogen and oxygen atoms in total. The van der Waals surface area contributed by atoms with Gasteiger partial charge in [0.15, 0.2) is 0 Å². The number of piperidine rings is 3. The number of rotatable bonds is 7. The molecule has 0 aromatic carbocycles. The summed E-state index contributed by atoms with van der Waals surface area (Å²) < 4.78 is 0. The lowest BCUT2D eigenvalue weighted by Crippen LogP contribution is -2.63. The first kappa shape index (κ1) is 20.8. The highest BCUT2D eigenvalue weighted by molar-refractivity contribution is 5.75. The van der Waals surface area contributed by atoms with E-state index >= 15 is 0 Å². The number of hydrogen-bond donors (Lipinski definition) is 0. The maximum Gasteiger partial charge on any atom is 0.222 e. The van der Waals surface area contributed by atoms with Crippen molar-refractivity contribution in [1.82, 2.24) is 19.7 Å². The topological polar surface area (TPSA) is 39.7 Å². The van der Waals surface area contributed by atoms with E-state index in [9.17, 15) is 4.79 Å². The summed E-state index contributed by atoms with van der Waals surface area (Å²) in [6.45, 7) is 4.63. The molecule has 3 saturated heterocycles. The molecule has 4 rings (SSSR count). The van der Waals surface area contributed by atoms with Gasteiger partial charge in [0.25, 0.3) is 0 Å². The van der Waals surface area contributed by atoms with Gasteiger partial charge < -0.3 is 9.80 Å². The zero-order valence-corrected chi connectivity index (χ0v) is 18.3. The number of carbonyl (C=O) groups is 1. The second-order valence-corrected chi connectivity index (χ2v) is 9.52. The summed E-state index contributed by atoms with van der Waals surface area (Å²) in [4.78, 5) is 24.3. The minimum Gasteiger partial charge on any atom is -0.345 e. The summed E-state index contributed by atoms with van der Waals surface area (Å²) in [5, 5.41) is 0. The van der Waals surface area contributed by atoms with Crippen molar-refractivity contribution in [2.75, 3.05) is 40.3 Å². The third kappa shape index (κ3) is 4.83. The predicted molar refractivity (Wildman–Crippen MR) is 117 cm³/mol. The van der Waals surface area contributed by atoms with Gasteiger partial charge in [0.1, 0.15) is 0 Å². The molecule has 0 saturated carbocycles. The van der Waals surface area contributed by atoms with Crippen LogP contribution in [0, 0.1) is 11.8 Å². The van der Waals surface area contributed by atoms with E-state index < -0.39 is 0 Å². The first-order valence-electron chi connectivity index (χ1n) is 11.7. The molecule has 0 N–H and O–H groups in total. The molecule has 0 aliphatic carbocycles. The molecule has 160 valence electrons. The summed E-state index contributed by atoms with van der Waals surface area (Å²) in [7, 11) is 4.26. The first-order chi connectivity index (χ1) is 14.1. The molecule has 4 atom stereocenters. The van der Waals surface area contributed by atoms with Crippen LogP contribution in [0.15, 0.2) is 24.4 Å². The molecular formula is C24H38N4O. The fraction of sp³-hybridized carbons (Fsp3) is 0.750. The molecule has 1 aromatic rings. The van der Waals surface area contributed by atoms with Crippen LogP contribution >= 0.6 is 0 Å². The SMILES string of the molecule is CN(CCc1ccccn1)C(=O)CCC[C@@H]1[C@H]2CCCN3CCC[C@@H](CN1C)[C@@H]23. The molecule has 5 heteroatoms. The number of carbonyl (C=O) groups excluding carboxylic acids is 1. The Bertz CT molecular complexity index is 664. The molecule has 29 heavy (non-hydrogen) atoms. The third-order valence-corrected chi connectivity index (χ3v) is 7.67. The largest absolute Gasteiger partial charge is 0.345 e. The fourth-order valence-electron chi connectivity index (χ4n) is 6.25. The summed E-state index contributed by atoms with van der Waals surface area (Å²) >= 11 is 0.